The van der Waals surface area contributed by atoms with Crippen LogP contribution in [-0.2, 0) is 33.2 Å². The molecule has 0 bridgehead atoms. The van der Waals surface area contributed by atoms with Crippen LogP contribution >= 0.6 is 0 Å². The maximum Gasteiger partial charge on any atom is 0.187 e. The zero-order valence-corrected chi connectivity index (χ0v) is 41.1. The highest BCUT2D eigenvalue weighted by molar-refractivity contribution is 5.15. The van der Waals surface area contributed by atoms with Gasteiger partial charge in [-0.2, -0.15) is 0 Å². The molecule has 0 aromatic heterocycles. The van der Waals surface area contributed by atoms with E-state index in [9.17, 15) is 51.1 Å². The van der Waals surface area contributed by atoms with Crippen LogP contribution in [0.2, 0.25) is 0 Å². The number of rotatable bonds is 11. The second-order valence-electron chi connectivity index (χ2n) is 22.9. The van der Waals surface area contributed by atoms with Crippen molar-refractivity contribution in [3.63, 3.8) is 0 Å². The van der Waals surface area contributed by atoms with Crippen molar-refractivity contribution in [2.45, 2.75) is 218 Å². The zero-order valence-electron chi connectivity index (χ0n) is 41.1. The molecule has 0 aromatic rings. The van der Waals surface area contributed by atoms with Gasteiger partial charge >= 0.3 is 0 Å². The van der Waals surface area contributed by atoms with Crippen molar-refractivity contribution in [3.8, 4) is 0 Å². The van der Waals surface area contributed by atoms with Crippen LogP contribution in [0, 0.1) is 51.8 Å². The molecule has 17 heteroatoms. The Morgan fingerprint density at radius 1 is 0.657 bits per heavy atom. The van der Waals surface area contributed by atoms with Gasteiger partial charge in [-0.05, 0) is 111 Å². The lowest BCUT2D eigenvalue weighted by atomic mass is 9.40. The summed E-state index contributed by atoms with van der Waals surface area (Å²) < 4.78 is 44.8. The Kier molecular flexibility index (Phi) is 16.5. The topological polar surface area (TPSA) is 267 Å². The van der Waals surface area contributed by atoms with Gasteiger partial charge < -0.3 is 84.2 Å². The van der Waals surface area contributed by atoms with Crippen LogP contribution in [0.5, 0.6) is 0 Å². The summed E-state index contributed by atoms with van der Waals surface area (Å²) in [6, 6.07) is 0. The molecule has 24 unspecified atom stereocenters. The molecule has 24 atom stereocenters. The Morgan fingerprint density at radius 2 is 1.24 bits per heavy atom. The van der Waals surface area contributed by atoms with Crippen LogP contribution in [0.15, 0.2) is 17.1 Å². The highest BCUT2D eigenvalue weighted by atomic mass is 16.8. The molecule has 4 aliphatic heterocycles. The van der Waals surface area contributed by atoms with Crippen LogP contribution < -0.4 is 0 Å². The monoisotopic (exact) mass is 957 g/mol. The largest absolute Gasteiger partial charge is 0.486 e. The van der Waals surface area contributed by atoms with E-state index in [4.69, 9.17) is 33.2 Å². The first-order valence-corrected chi connectivity index (χ1v) is 25.1. The third-order valence-electron chi connectivity index (χ3n) is 18.3. The fourth-order valence-electron chi connectivity index (χ4n) is 14.7. The number of aliphatic hydroxyl groups excluding tert-OH is 9. The molecule has 0 radical (unpaired) electrons. The smallest absolute Gasteiger partial charge is 0.187 e. The minimum absolute atomic E-state index is 0.0113. The molecule has 3 aliphatic carbocycles. The van der Waals surface area contributed by atoms with Gasteiger partial charge in [0.1, 0.15) is 66.8 Å². The van der Waals surface area contributed by atoms with Crippen molar-refractivity contribution in [1.82, 2.24) is 0 Å². The third kappa shape index (κ3) is 9.72. The van der Waals surface area contributed by atoms with Crippen LogP contribution in [0.4, 0.5) is 0 Å². The SMILES string of the molecule is CCC1C(OC2C(O)C(CO)OC(OC3CCC4(C)C(CCC5(C)C(CO)C(C)C6OC(=C=C(C)C)CC(C)(O)C6CCCC54)C3(C)C)C2OC2OC(CO)C(O)C2O)OC(CO)C(O)C1O. The van der Waals surface area contributed by atoms with E-state index in [1.165, 1.54) is 0 Å². The minimum atomic E-state index is -1.63. The molecule has 7 rings (SSSR count). The quantitative estimate of drug-likeness (QED) is 0.105. The van der Waals surface area contributed by atoms with Crippen LogP contribution in [0.25, 0.3) is 0 Å². The average molecular weight is 957 g/mol. The van der Waals surface area contributed by atoms with Crippen molar-refractivity contribution in [3.05, 3.63) is 17.1 Å². The summed E-state index contributed by atoms with van der Waals surface area (Å²) in [5.41, 5.74) is 2.36. The summed E-state index contributed by atoms with van der Waals surface area (Å²) in [6.07, 6.45) is -12.8. The number of aliphatic hydroxyl groups is 10. The van der Waals surface area contributed by atoms with Crippen molar-refractivity contribution in [2.24, 2.45) is 51.8 Å². The highest BCUT2D eigenvalue weighted by Crippen LogP contribution is 2.69. The van der Waals surface area contributed by atoms with Crippen LogP contribution in [-0.4, -0.2) is 175 Å². The van der Waals surface area contributed by atoms with E-state index in [1.807, 2.05) is 20.8 Å². The Labute approximate surface area is 396 Å². The van der Waals surface area contributed by atoms with Gasteiger partial charge in [0.15, 0.2) is 18.9 Å². The molecule has 0 amide bonds. The molecule has 17 nitrogen and oxygen atoms in total. The van der Waals surface area contributed by atoms with Crippen LogP contribution in [0.1, 0.15) is 120 Å². The van der Waals surface area contributed by atoms with Gasteiger partial charge in [-0.15, -0.1) is 0 Å². The van der Waals surface area contributed by atoms with Gasteiger partial charge in [0.05, 0.1) is 37.6 Å². The molecular formula is C50H84O17. The lowest BCUT2D eigenvalue weighted by Crippen LogP contribution is -2.66. The van der Waals surface area contributed by atoms with Crippen LogP contribution in [0.3, 0.4) is 0 Å². The number of fused-ring (bicyclic) bond motifs is 4. The number of hydrogen-bond donors (Lipinski definition) is 10. The molecule has 7 fully saturated rings. The van der Waals surface area contributed by atoms with E-state index in [2.05, 4.69) is 40.3 Å². The van der Waals surface area contributed by atoms with E-state index in [-0.39, 0.29) is 59.6 Å². The summed E-state index contributed by atoms with van der Waals surface area (Å²) >= 11 is 0. The van der Waals surface area contributed by atoms with Gasteiger partial charge in [0, 0.05) is 24.9 Å². The van der Waals surface area contributed by atoms with E-state index < -0.39 is 123 Å². The molecule has 0 aromatic carbocycles. The molecule has 7 aliphatic rings. The predicted molar refractivity (Wildman–Crippen MR) is 240 cm³/mol. The van der Waals surface area contributed by atoms with Crippen molar-refractivity contribution >= 4 is 0 Å². The summed E-state index contributed by atoms with van der Waals surface area (Å²) in [5.74, 6) is -0.124. The van der Waals surface area contributed by atoms with E-state index in [1.54, 1.807) is 6.92 Å². The van der Waals surface area contributed by atoms with E-state index >= 15 is 0 Å². The van der Waals surface area contributed by atoms with E-state index in [0.29, 0.717) is 18.6 Å². The first-order chi connectivity index (χ1) is 31.5. The average Bonchev–Trinajstić information content (AvgIpc) is 3.55. The normalized spacial score (nSPS) is 51.2. The van der Waals surface area contributed by atoms with Crippen molar-refractivity contribution in [2.75, 3.05) is 26.4 Å². The molecule has 4 heterocycles. The fraction of sp³-hybridized carbons (Fsp3) is 0.940. The molecule has 10 N–H and O–H groups in total. The summed E-state index contributed by atoms with van der Waals surface area (Å²) in [5, 5.41) is 109. The first-order valence-electron chi connectivity index (χ1n) is 25.1. The predicted octanol–water partition coefficient (Wildman–Crippen LogP) is 2.02. The van der Waals surface area contributed by atoms with Gasteiger partial charge in [-0.25, -0.2) is 0 Å². The Hall–Kier alpha value is -1.32. The zero-order chi connectivity index (χ0) is 49.1. The number of ether oxygens (including phenoxy) is 7. The highest BCUT2D eigenvalue weighted by Gasteiger charge is 2.65. The second kappa shape index (κ2) is 20.7. The molecule has 67 heavy (non-hydrogen) atoms. The third-order valence-corrected chi connectivity index (χ3v) is 18.3. The Morgan fingerprint density at radius 3 is 1.85 bits per heavy atom. The molecule has 386 valence electrons. The van der Waals surface area contributed by atoms with Crippen molar-refractivity contribution in [1.29, 1.82) is 0 Å². The second-order valence-corrected chi connectivity index (χ2v) is 22.9. The summed E-state index contributed by atoms with van der Waals surface area (Å²) in [6.45, 7) is 17.0. The maximum atomic E-state index is 12.0. The van der Waals surface area contributed by atoms with Gasteiger partial charge in [0.25, 0.3) is 0 Å². The lowest BCUT2D eigenvalue weighted by molar-refractivity contribution is -0.384. The van der Waals surface area contributed by atoms with Gasteiger partial charge in [0.2, 0.25) is 0 Å². The van der Waals surface area contributed by atoms with Gasteiger partial charge in [-0.1, -0.05) is 53.7 Å². The Bertz CT molecular complexity index is 1730. The standard InChI is InChI=1S/C50H84O17/c1-10-27-36(55)37(56)30(21-52)62-44(27)66-42-39(58)32(23-54)64-46(43(42)67-45-40(59)38(57)31(22-53)63-45)65-35-15-17-49(8)33(47(35,5)6)14-16-48(7)29(20-51)25(4)41-28(12-11-13-34(48)49)50(9,60)19-26(61-41)18-24(2)3/h25,27-46,51-60H,10-17,19-23H2,1-9H3. The fourth-order valence-corrected chi connectivity index (χ4v) is 14.7. The summed E-state index contributed by atoms with van der Waals surface area (Å²) in [4.78, 5) is 0. The van der Waals surface area contributed by atoms with E-state index in [0.717, 1.165) is 44.1 Å². The first kappa shape index (κ1) is 53.5. The molecular weight excluding hydrogens is 873 g/mol. The summed E-state index contributed by atoms with van der Waals surface area (Å²) in [7, 11) is 0. The number of hydrogen-bond acceptors (Lipinski definition) is 17. The molecule has 3 saturated carbocycles. The maximum absolute atomic E-state index is 12.0. The van der Waals surface area contributed by atoms with Crippen molar-refractivity contribution < 1.29 is 84.2 Å². The van der Waals surface area contributed by atoms with Gasteiger partial charge in [-0.3, -0.25) is 0 Å². The Balaban J connectivity index is 1.19. The minimum Gasteiger partial charge on any atom is -0.486 e. The lowest BCUT2D eigenvalue weighted by Gasteiger charge is -2.66. The molecule has 4 saturated heterocycles. The molecule has 0 spiro atoms.